The predicted octanol–water partition coefficient (Wildman–Crippen LogP) is 4.54. The van der Waals surface area contributed by atoms with Gasteiger partial charge in [0.05, 0.1) is 18.0 Å². The van der Waals surface area contributed by atoms with Crippen molar-refractivity contribution in [3.63, 3.8) is 0 Å². The van der Waals surface area contributed by atoms with Crippen LogP contribution < -0.4 is 9.64 Å². The summed E-state index contributed by atoms with van der Waals surface area (Å²) in [5.41, 5.74) is 3.72. The number of aromatic hydroxyl groups is 1. The topological polar surface area (TPSA) is 62.1 Å². The molecule has 4 rings (SSSR count). The number of nitrogens with zero attached hydrogens (tertiary/aromatic N) is 2. The van der Waals surface area contributed by atoms with Gasteiger partial charge in [-0.2, -0.15) is 0 Å². The molecule has 2 aliphatic rings. The zero-order valence-corrected chi connectivity index (χ0v) is 16.1. The Morgan fingerprint density at radius 1 is 1.26 bits per heavy atom. The Hall–Kier alpha value is -2.82. The number of carbonyl (C=O) groups excluding carboxylic acids is 1. The summed E-state index contributed by atoms with van der Waals surface area (Å²) in [6.45, 7) is 8.93. The largest absolute Gasteiger partial charge is 0.508 e. The standard InChI is InChI=1S/C22H24N2O3/c1-5-27-16-10-17-13(2)12-22(3,4)24-20(17)18(11-16)19(21(24)26)23-14-6-8-15(25)9-7-14/h6-11,13,25H,5,12H2,1-4H3/t13-/m0/s1. The highest BCUT2D eigenvalue weighted by molar-refractivity contribution is 6.55. The summed E-state index contributed by atoms with van der Waals surface area (Å²) in [6.07, 6.45) is 0.882. The van der Waals surface area contributed by atoms with Gasteiger partial charge in [-0.3, -0.25) is 4.79 Å². The van der Waals surface area contributed by atoms with Gasteiger partial charge in [-0.15, -0.1) is 0 Å². The van der Waals surface area contributed by atoms with E-state index in [1.807, 2.05) is 17.9 Å². The lowest BCUT2D eigenvalue weighted by atomic mass is 9.80. The Kier molecular flexibility index (Phi) is 3.98. The van der Waals surface area contributed by atoms with Gasteiger partial charge in [0.25, 0.3) is 5.91 Å². The van der Waals surface area contributed by atoms with E-state index in [9.17, 15) is 9.90 Å². The summed E-state index contributed by atoms with van der Waals surface area (Å²) >= 11 is 0. The van der Waals surface area contributed by atoms with E-state index >= 15 is 0 Å². The molecule has 0 unspecified atom stereocenters. The molecule has 27 heavy (non-hydrogen) atoms. The molecule has 140 valence electrons. The number of carbonyl (C=O) groups is 1. The molecule has 0 aliphatic carbocycles. The molecule has 0 aromatic heterocycles. The first-order valence-electron chi connectivity index (χ1n) is 9.35. The second-order valence-corrected chi connectivity index (χ2v) is 7.88. The molecule has 1 amide bonds. The van der Waals surface area contributed by atoms with Crippen molar-refractivity contribution >= 4 is 23.0 Å². The molecule has 0 bridgehead atoms. The number of hydrogen-bond acceptors (Lipinski definition) is 4. The normalized spacial score (nSPS) is 21.5. The Balaban J connectivity index is 1.94. The van der Waals surface area contributed by atoms with E-state index in [0.717, 1.165) is 29.0 Å². The Morgan fingerprint density at radius 3 is 2.63 bits per heavy atom. The Bertz CT molecular complexity index is 945. The van der Waals surface area contributed by atoms with E-state index in [0.29, 0.717) is 23.9 Å². The zero-order chi connectivity index (χ0) is 19.3. The lowest BCUT2D eigenvalue weighted by Gasteiger charge is -2.43. The number of amides is 1. The van der Waals surface area contributed by atoms with Gasteiger partial charge in [0.1, 0.15) is 17.2 Å². The third kappa shape index (κ3) is 2.78. The van der Waals surface area contributed by atoms with Gasteiger partial charge in [0.15, 0.2) is 0 Å². The number of anilines is 1. The summed E-state index contributed by atoms with van der Waals surface area (Å²) in [6, 6.07) is 10.5. The van der Waals surface area contributed by atoms with E-state index in [1.54, 1.807) is 24.3 Å². The Morgan fingerprint density at radius 2 is 1.96 bits per heavy atom. The number of phenolic OH excluding ortho intramolecular Hbond substituents is 1. The van der Waals surface area contributed by atoms with Crippen LogP contribution in [0.15, 0.2) is 41.4 Å². The maximum absolute atomic E-state index is 13.3. The minimum atomic E-state index is -0.280. The number of ether oxygens (including phenoxy) is 1. The highest BCUT2D eigenvalue weighted by atomic mass is 16.5. The lowest BCUT2D eigenvalue weighted by Crippen LogP contribution is -2.50. The van der Waals surface area contributed by atoms with Gasteiger partial charge in [-0.25, -0.2) is 4.99 Å². The van der Waals surface area contributed by atoms with Gasteiger partial charge in [-0.1, -0.05) is 6.92 Å². The fourth-order valence-electron chi connectivity index (χ4n) is 4.30. The smallest absolute Gasteiger partial charge is 0.278 e. The molecule has 0 saturated carbocycles. The maximum atomic E-state index is 13.3. The van der Waals surface area contributed by atoms with Gasteiger partial charge in [0, 0.05) is 11.1 Å². The second-order valence-electron chi connectivity index (χ2n) is 7.88. The van der Waals surface area contributed by atoms with Crippen molar-refractivity contribution in [2.24, 2.45) is 4.99 Å². The van der Waals surface area contributed by atoms with Crippen LogP contribution in [0.25, 0.3) is 0 Å². The molecule has 0 spiro atoms. The van der Waals surface area contributed by atoms with E-state index in [1.165, 1.54) is 0 Å². The van der Waals surface area contributed by atoms with E-state index in [4.69, 9.17) is 4.74 Å². The summed E-state index contributed by atoms with van der Waals surface area (Å²) < 4.78 is 5.76. The number of benzene rings is 2. The van der Waals surface area contributed by atoms with Gasteiger partial charge in [0.2, 0.25) is 0 Å². The summed E-state index contributed by atoms with van der Waals surface area (Å²) in [7, 11) is 0. The second kappa shape index (κ2) is 6.12. The number of hydrogen-bond donors (Lipinski definition) is 1. The molecule has 5 nitrogen and oxygen atoms in total. The monoisotopic (exact) mass is 364 g/mol. The molecule has 2 aromatic carbocycles. The molecule has 0 fully saturated rings. The van der Waals surface area contributed by atoms with E-state index < -0.39 is 0 Å². The molecular weight excluding hydrogens is 340 g/mol. The Labute approximate surface area is 159 Å². The lowest BCUT2D eigenvalue weighted by molar-refractivity contribution is -0.113. The highest BCUT2D eigenvalue weighted by Crippen LogP contribution is 2.50. The molecule has 2 aliphatic heterocycles. The fraction of sp³-hybridized carbons (Fsp3) is 0.364. The molecule has 0 radical (unpaired) electrons. The van der Waals surface area contributed by atoms with E-state index in [2.05, 4.69) is 31.8 Å². The third-order valence-electron chi connectivity index (χ3n) is 5.34. The SMILES string of the molecule is CCOc1cc2c3c(c1)[C@@H](C)CC(C)(C)N3C(=O)C2=Nc1ccc(O)cc1. The van der Waals surface area contributed by atoms with Gasteiger partial charge >= 0.3 is 0 Å². The predicted molar refractivity (Wildman–Crippen MR) is 107 cm³/mol. The summed E-state index contributed by atoms with van der Waals surface area (Å²) in [5.74, 6) is 1.19. The molecular formula is C22H24N2O3. The minimum Gasteiger partial charge on any atom is -0.508 e. The summed E-state index contributed by atoms with van der Waals surface area (Å²) in [4.78, 5) is 19.9. The van der Waals surface area contributed by atoms with Crippen molar-refractivity contribution in [1.29, 1.82) is 0 Å². The van der Waals surface area contributed by atoms with Gasteiger partial charge < -0.3 is 14.7 Å². The molecule has 1 N–H and O–H groups in total. The van der Waals surface area contributed by atoms with Crippen molar-refractivity contribution in [1.82, 2.24) is 0 Å². The van der Waals surface area contributed by atoms with Crippen LogP contribution in [0.1, 0.15) is 51.2 Å². The van der Waals surface area contributed by atoms with E-state index in [-0.39, 0.29) is 17.2 Å². The van der Waals surface area contributed by atoms with Crippen LogP contribution >= 0.6 is 0 Å². The average molecular weight is 364 g/mol. The first-order valence-corrected chi connectivity index (χ1v) is 9.35. The van der Waals surface area contributed by atoms with Crippen LogP contribution in [0.3, 0.4) is 0 Å². The van der Waals surface area contributed by atoms with Crippen molar-refractivity contribution in [3.8, 4) is 11.5 Å². The van der Waals surface area contributed by atoms with Crippen LogP contribution in [0, 0.1) is 0 Å². The maximum Gasteiger partial charge on any atom is 0.278 e. The van der Waals surface area contributed by atoms with Crippen molar-refractivity contribution in [2.75, 3.05) is 11.5 Å². The van der Waals surface area contributed by atoms with Crippen molar-refractivity contribution < 1.29 is 14.6 Å². The van der Waals surface area contributed by atoms with Crippen LogP contribution in [-0.4, -0.2) is 28.9 Å². The first kappa shape index (κ1) is 17.6. The third-order valence-corrected chi connectivity index (χ3v) is 5.34. The zero-order valence-electron chi connectivity index (χ0n) is 16.1. The average Bonchev–Trinajstić information content (AvgIpc) is 2.88. The summed E-state index contributed by atoms with van der Waals surface area (Å²) in [5, 5.41) is 9.51. The molecule has 0 saturated heterocycles. The fourth-order valence-corrected chi connectivity index (χ4v) is 4.30. The van der Waals surface area contributed by atoms with Gasteiger partial charge in [-0.05, 0) is 75.1 Å². The van der Waals surface area contributed by atoms with Crippen LogP contribution in [0.4, 0.5) is 11.4 Å². The number of rotatable bonds is 3. The van der Waals surface area contributed by atoms with Crippen molar-refractivity contribution in [3.05, 3.63) is 47.5 Å². The molecule has 1 atom stereocenters. The quantitative estimate of drug-likeness (QED) is 0.869. The number of phenols is 1. The molecule has 2 heterocycles. The minimum absolute atomic E-state index is 0.0788. The highest BCUT2D eigenvalue weighted by Gasteiger charge is 2.48. The van der Waals surface area contributed by atoms with Crippen LogP contribution in [-0.2, 0) is 4.79 Å². The van der Waals surface area contributed by atoms with Crippen LogP contribution in [0.5, 0.6) is 11.5 Å². The van der Waals surface area contributed by atoms with Crippen LogP contribution in [0.2, 0.25) is 0 Å². The first-order chi connectivity index (χ1) is 12.8. The number of aliphatic imine (C=N–C) groups is 1. The molecule has 2 aromatic rings. The van der Waals surface area contributed by atoms with Crippen molar-refractivity contribution in [2.45, 2.75) is 45.6 Å². The molecule has 5 heteroatoms.